The second kappa shape index (κ2) is 45.4. The molecule has 54 heteroatoms. The molecule has 30 N–H and O–H groups in total. The molecular formula is C70H109N17O37. The van der Waals surface area contributed by atoms with Gasteiger partial charge in [0, 0.05) is 33.1 Å². The van der Waals surface area contributed by atoms with Crippen LogP contribution in [0.2, 0.25) is 0 Å². The topological polar surface area (TPSA) is 834 Å². The van der Waals surface area contributed by atoms with Gasteiger partial charge in [0.05, 0.1) is 78.3 Å². The molecule has 8 saturated heterocycles. The van der Waals surface area contributed by atoms with Gasteiger partial charge >= 0.3 is 0 Å². The third-order valence-electron chi connectivity index (χ3n) is 22.1. The van der Waals surface area contributed by atoms with Crippen molar-refractivity contribution >= 4 is 100 Å². The summed E-state index contributed by atoms with van der Waals surface area (Å²) in [6, 6.07) is -13.7. The van der Waals surface area contributed by atoms with E-state index in [0.29, 0.717) is 0 Å². The Morgan fingerprint density at radius 2 is 0.524 bits per heavy atom. The summed E-state index contributed by atoms with van der Waals surface area (Å²) < 4.78 is 21.3. The molecule has 54 nitrogen and oxygen atoms in total. The van der Waals surface area contributed by atoms with Crippen molar-refractivity contribution in [1.29, 1.82) is 0 Å². The fraction of sp³-hybridized carbons (Fsp3) is 0.757. The van der Waals surface area contributed by atoms with Crippen LogP contribution in [0, 0.1) is 0 Å². The summed E-state index contributed by atoms with van der Waals surface area (Å²) in [5, 5.41) is 191. The van der Waals surface area contributed by atoms with Crippen LogP contribution < -0.4 is 69.5 Å². The summed E-state index contributed by atoms with van der Waals surface area (Å²) in [6.45, 7) is -6.74. The van der Waals surface area contributed by atoms with Crippen molar-refractivity contribution in [3.8, 4) is 0 Å². The molecule has 8 rings (SSSR count). The second-order valence-electron chi connectivity index (χ2n) is 30.8. The Bertz CT molecular complexity index is 3850. The number of nitrogens with zero attached hydrogens (tertiary/aromatic N) is 4. The number of primary amides is 1. The molecule has 0 aliphatic carbocycles. The first-order valence-corrected chi connectivity index (χ1v) is 39.8. The molecule has 0 aromatic carbocycles. The number of aliphatic hydroxyl groups is 16. The normalized spacial score (nSPS) is 32.0. The van der Waals surface area contributed by atoms with Crippen LogP contribution in [0.4, 0.5) is 0 Å². The highest BCUT2D eigenvalue weighted by molar-refractivity contribution is 6.01. The van der Waals surface area contributed by atoms with Crippen molar-refractivity contribution in [3.05, 3.63) is 0 Å². The SMILES string of the molecule is CC(=O)NCC(=O)N1CCC[C@H]1C(=O)N[C@@H](CC(=O)N[C@@H]1O[C@H](CO)[C@H](O)[C@H](O)[C@H]1O)C(=O)NCC(=O)N1CCC[C@H]1C(=O)N[C@@H](CC(=O)N[C@@H]1O[C@H](CO)[C@H](O)[C@H](O)[C@H]1O)C(=O)NCC(=O)N1CCC[C@H]1C(=O)N[C@@H](CC(=O)N[C@@H]1O[C@H](CO)[C@H](O)[C@H](O)[C@H]1O)C(=O)NCC(=O)N1CCC[C@H]1C(=O)N[C@@H](CC(=O)N[C@@H]1O[C@H](CO)[C@H](O)[C@H](O)[C@H]1O)C(N)=O. The molecule has 0 saturated carbocycles. The first kappa shape index (κ1) is 99.6. The van der Waals surface area contributed by atoms with Crippen LogP contribution in [0.5, 0.6) is 0 Å². The summed E-state index contributed by atoms with van der Waals surface area (Å²) in [5.74, 6) is -18.7. The number of aliphatic hydroxyl groups excluding tert-OH is 16. The van der Waals surface area contributed by atoms with Gasteiger partial charge in [-0.15, -0.1) is 0 Å². The lowest BCUT2D eigenvalue weighted by Gasteiger charge is -2.40. The molecule has 0 spiro atoms. The maximum absolute atomic E-state index is 14.5. The Hall–Kier alpha value is -9.81. The molecule has 28 atom stereocenters. The van der Waals surface area contributed by atoms with Crippen LogP contribution in [-0.2, 0) is 100 Å². The van der Waals surface area contributed by atoms with Gasteiger partial charge in [-0.2, -0.15) is 0 Å². The quantitative estimate of drug-likeness (QED) is 0.0277. The zero-order valence-corrected chi connectivity index (χ0v) is 66.7. The number of hydrogen-bond donors (Lipinski definition) is 29. The average Bonchev–Trinajstić information content (AvgIpc) is 1.44. The Labute approximate surface area is 703 Å². The van der Waals surface area contributed by atoms with E-state index in [9.17, 15) is 163 Å². The summed E-state index contributed by atoms with van der Waals surface area (Å²) in [7, 11) is 0. The van der Waals surface area contributed by atoms with E-state index in [1.54, 1.807) is 0 Å². The maximum atomic E-state index is 14.5. The minimum atomic E-state index is -2.10. The van der Waals surface area contributed by atoms with Gasteiger partial charge in [-0.25, -0.2) is 0 Å². The zero-order chi connectivity index (χ0) is 91.6. The molecule has 8 fully saturated rings. The Morgan fingerprint density at radius 1 is 0.315 bits per heavy atom. The first-order chi connectivity index (χ1) is 58.6. The molecule has 17 amide bonds. The third-order valence-corrected chi connectivity index (χ3v) is 22.1. The Kier molecular flexibility index (Phi) is 36.5. The van der Waals surface area contributed by atoms with E-state index in [0.717, 1.165) is 26.5 Å². The van der Waals surface area contributed by atoms with Crippen LogP contribution in [-0.4, -0.2) is 451 Å². The minimum absolute atomic E-state index is 0.0261. The molecule has 8 aliphatic heterocycles. The highest BCUT2D eigenvalue weighted by Gasteiger charge is 2.51. The lowest BCUT2D eigenvalue weighted by Crippen LogP contribution is -2.63. The van der Waals surface area contributed by atoms with Crippen LogP contribution in [0.1, 0.15) is 84.0 Å². The fourth-order valence-corrected chi connectivity index (χ4v) is 15.2. The predicted molar refractivity (Wildman–Crippen MR) is 400 cm³/mol. The van der Waals surface area contributed by atoms with E-state index < -0.39 is 350 Å². The number of carbonyl (C=O) groups excluding carboxylic acids is 17. The van der Waals surface area contributed by atoms with Crippen molar-refractivity contribution < 1.29 is 182 Å². The molecule has 0 aromatic heterocycles. The van der Waals surface area contributed by atoms with E-state index in [1.807, 2.05) is 0 Å². The van der Waals surface area contributed by atoms with Gasteiger partial charge in [0.2, 0.25) is 100 Å². The van der Waals surface area contributed by atoms with Gasteiger partial charge in [0.15, 0.2) is 24.9 Å². The van der Waals surface area contributed by atoms with Crippen molar-refractivity contribution in [2.75, 3.05) is 78.8 Å². The van der Waals surface area contributed by atoms with E-state index in [4.69, 9.17) is 24.7 Å². The van der Waals surface area contributed by atoms with Gasteiger partial charge < -0.3 is 190 Å². The van der Waals surface area contributed by atoms with Crippen LogP contribution in [0.3, 0.4) is 0 Å². The number of amides is 17. The Balaban J connectivity index is 0.943. The van der Waals surface area contributed by atoms with Gasteiger partial charge in [-0.1, -0.05) is 0 Å². The van der Waals surface area contributed by atoms with Gasteiger partial charge in [0.25, 0.3) is 0 Å². The number of carbonyl (C=O) groups is 17. The van der Waals surface area contributed by atoms with Gasteiger partial charge in [-0.3, -0.25) is 81.5 Å². The summed E-state index contributed by atoms with van der Waals surface area (Å²) in [4.78, 5) is 237. The third kappa shape index (κ3) is 25.3. The molecule has 0 radical (unpaired) electrons. The van der Waals surface area contributed by atoms with Crippen molar-refractivity contribution in [3.63, 3.8) is 0 Å². The molecule has 8 aliphatic rings. The molecule has 0 bridgehead atoms. The van der Waals surface area contributed by atoms with E-state index >= 15 is 0 Å². The van der Waals surface area contributed by atoms with Crippen LogP contribution >= 0.6 is 0 Å². The number of nitrogens with one attached hydrogen (secondary N) is 12. The highest BCUT2D eigenvalue weighted by atomic mass is 16.6. The van der Waals surface area contributed by atoms with Crippen LogP contribution in [0.25, 0.3) is 0 Å². The number of hydrogen-bond acceptors (Lipinski definition) is 37. The van der Waals surface area contributed by atoms with Gasteiger partial charge in [-0.05, 0) is 51.4 Å². The van der Waals surface area contributed by atoms with E-state index in [2.05, 4.69) is 63.8 Å². The standard InChI is InChI=1S/C70H109N17O37/c1-26(92)72-18-43(97)84-10-3-7-32(84)64(118)77-28(15-40(94)81-68-56(110)52(106)48(102)36(23-89)122-68)60(114)74-20-45(99)86-12-5-9-34(86)66(120)79-30(17-42(96)83-70-58(112)54(108)50(104)38(25-91)124-70)62(116)75-21-46(100)87-13-4-8-33(87)65(119)78-29(16-41(95)82-69-57(111)53(107)49(103)37(24-90)123-69)61(115)73-19-44(98)85-11-2-6-31(85)63(117)76-27(59(71)113)14-39(93)80-67-55(109)51(105)47(101)35(22-88)121-67/h27-38,47-58,67-70,88-91,101-112H,2-25H2,1H3,(H2,71,113)(H,72,92)(H,73,115)(H,74,114)(H,75,116)(H,76,117)(H,77,118)(H,78,119)(H,79,120)(H,80,93)(H,81,94)(H,82,95)(H,83,96)/t27-,28-,29-,30-,31-,32-,33-,34-,35+,36+,37+,38+,47-,48-,49-,50-,51-,52-,53-,54-,55+,56+,57+,58+,67+,68+,69+,70+/m0/s1. The summed E-state index contributed by atoms with van der Waals surface area (Å²) in [5.41, 5.74) is 5.50. The summed E-state index contributed by atoms with van der Waals surface area (Å²) in [6.07, 6.45) is -41.1. The molecule has 696 valence electrons. The Morgan fingerprint density at radius 3 is 0.734 bits per heavy atom. The first-order valence-electron chi connectivity index (χ1n) is 39.8. The largest absolute Gasteiger partial charge is 0.394 e. The van der Waals surface area contributed by atoms with Crippen LogP contribution in [0.15, 0.2) is 0 Å². The molecule has 8 heterocycles. The minimum Gasteiger partial charge on any atom is -0.394 e. The lowest BCUT2D eigenvalue weighted by atomic mass is 9.98. The number of likely N-dealkylation sites (tertiary alicyclic amines) is 4. The molecular weight excluding hydrogens is 1670 g/mol. The van der Waals surface area contributed by atoms with E-state index in [-0.39, 0.29) is 77.5 Å². The smallest absolute Gasteiger partial charge is 0.243 e. The second-order valence-corrected chi connectivity index (χ2v) is 30.8. The monoisotopic (exact) mass is 1780 g/mol. The average molecular weight is 1780 g/mol. The lowest BCUT2D eigenvalue weighted by molar-refractivity contribution is -0.236. The number of rotatable bonds is 36. The van der Waals surface area contributed by atoms with Gasteiger partial charge in [0.1, 0.15) is 146 Å². The molecule has 0 aromatic rings. The van der Waals surface area contributed by atoms with Crippen molar-refractivity contribution in [2.45, 2.75) is 255 Å². The zero-order valence-electron chi connectivity index (χ0n) is 66.7. The molecule has 124 heavy (non-hydrogen) atoms. The molecule has 0 unspecified atom stereocenters. The maximum Gasteiger partial charge on any atom is 0.243 e. The predicted octanol–water partition coefficient (Wildman–Crippen LogP) is -20.9. The number of nitrogens with two attached hydrogens (primary N) is 1. The van der Waals surface area contributed by atoms with E-state index in [1.165, 1.54) is 0 Å². The highest BCUT2D eigenvalue weighted by Crippen LogP contribution is 2.28. The fourth-order valence-electron chi connectivity index (χ4n) is 15.2. The summed E-state index contributed by atoms with van der Waals surface area (Å²) >= 11 is 0. The van der Waals surface area contributed by atoms with Crippen molar-refractivity contribution in [2.24, 2.45) is 5.73 Å². The van der Waals surface area contributed by atoms with Crippen molar-refractivity contribution in [1.82, 2.24) is 83.4 Å². The number of ether oxygens (including phenoxy) is 4.